The Kier molecular flexibility index (Phi) is 16.9. The van der Waals surface area contributed by atoms with Gasteiger partial charge < -0.3 is 19.3 Å². The van der Waals surface area contributed by atoms with Crippen LogP contribution >= 0.6 is 0 Å². The van der Waals surface area contributed by atoms with Crippen LogP contribution in [0.2, 0.25) is 0 Å². The van der Waals surface area contributed by atoms with Crippen molar-refractivity contribution in [3.63, 3.8) is 0 Å². The first kappa shape index (κ1) is 33.9. The van der Waals surface area contributed by atoms with Crippen molar-refractivity contribution in [1.29, 1.82) is 0 Å². The summed E-state index contributed by atoms with van der Waals surface area (Å²) < 4.78 is 16.6. The molecule has 41 heavy (non-hydrogen) atoms. The summed E-state index contributed by atoms with van der Waals surface area (Å²) in [6.07, 6.45) is 12.0. The molecule has 0 amide bonds. The van der Waals surface area contributed by atoms with Crippen LogP contribution in [0.1, 0.15) is 108 Å². The molecular weight excluding hydrogens is 520 g/mol. The maximum Gasteiger partial charge on any atom is 0.338 e. The molecule has 0 saturated heterocycles. The van der Waals surface area contributed by atoms with Crippen molar-refractivity contribution in [2.45, 2.75) is 97.3 Å². The van der Waals surface area contributed by atoms with Gasteiger partial charge in [0.2, 0.25) is 0 Å². The van der Waals surface area contributed by atoms with Crippen molar-refractivity contribution in [3.8, 4) is 16.9 Å². The molecule has 1 atom stereocenters. The molecular formula is C34H48O7. The summed E-state index contributed by atoms with van der Waals surface area (Å²) in [5.41, 5.74) is 2.59. The van der Waals surface area contributed by atoms with Gasteiger partial charge in [-0.1, -0.05) is 102 Å². The number of hydrogen-bond acceptors (Lipinski definition) is 6. The van der Waals surface area contributed by atoms with Gasteiger partial charge in [0.15, 0.2) is 0 Å². The molecule has 0 saturated carbocycles. The van der Waals surface area contributed by atoms with Crippen LogP contribution in [0.15, 0.2) is 48.5 Å². The largest absolute Gasteiger partial charge is 0.493 e. The Hall–Kier alpha value is -3.35. The number of rotatable bonds is 22. The zero-order valence-corrected chi connectivity index (χ0v) is 24.9. The predicted octanol–water partition coefficient (Wildman–Crippen LogP) is 8.24. The van der Waals surface area contributed by atoms with Gasteiger partial charge in [-0.15, -0.1) is 0 Å². The van der Waals surface area contributed by atoms with Crippen molar-refractivity contribution >= 4 is 17.9 Å². The fourth-order valence-electron chi connectivity index (χ4n) is 4.30. The first-order valence-electron chi connectivity index (χ1n) is 15.3. The van der Waals surface area contributed by atoms with Gasteiger partial charge in [-0.2, -0.15) is 0 Å². The third-order valence-corrected chi connectivity index (χ3v) is 7.12. The van der Waals surface area contributed by atoms with Gasteiger partial charge in [-0.25, -0.2) is 4.79 Å². The number of carbonyl (C=O) groups is 3. The molecule has 7 nitrogen and oxygen atoms in total. The molecule has 0 aliphatic heterocycles. The highest BCUT2D eigenvalue weighted by Gasteiger charge is 2.11. The number of para-hydroxylation sites is 1. The van der Waals surface area contributed by atoms with Crippen LogP contribution in [0.3, 0.4) is 0 Å². The molecule has 1 N–H and O–H groups in total. The highest BCUT2D eigenvalue weighted by molar-refractivity contribution is 5.90. The molecule has 0 aromatic heterocycles. The van der Waals surface area contributed by atoms with Crippen LogP contribution in [0.4, 0.5) is 0 Å². The summed E-state index contributed by atoms with van der Waals surface area (Å²) in [7, 11) is 0. The standard InChI is InChI=1S/C34H48O7/c1-3-27(2)26-41-34(38)29-20-18-28(19-21-29)30-16-12-13-17-31(30)39-24-14-10-8-6-4-5-7-9-11-15-25-40-33(37)23-22-32(35)36/h12-13,16-21,27H,3-11,14-15,22-26H2,1-2H3,(H,35,36). The summed E-state index contributed by atoms with van der Waals surface area (Å²) in [4.78, 5) is 34.1. The molecule has 0 bridgehead atoms. The number of ether oxygens (including phenoxy) is 3. The van der Waals surface area contributed by atoms with E-state index in [4.69, 9.17) is 19.3 Å². The van der Waals surface area contributed by atoms with Crippen LogP contribution in [0.5, 0.6) is 5.75 Å². The number of hydrogen-bond donors (Lipinski definition) is 1. The van der Waals surface area contributed by atoms with Crippen molar-refractivity contribution in [3.05, 3.63) is 54.1 Å². The minimum atomic E-state index is -0.978. The van der Waals surface area contributed by atoms with E-state index in [9.17, 15) is 14.4 Å². The van der Waals surface area contributed by atoms with Crippen LogP contribution in [-0.2, 0) is 19.1 Å². The van der Waals surface area contributed by atoms with Crippen molar-refractivity contribution in [1.82, 2.24) is 0 Å². The van der Waals surface area contributed by atoms with Crippen molar-refractivity contribution in [2.75, 3.05) is 19.8 Å². The molecule has 7 heteroatoms. The van der Waals surface area contributed by atoms with Crippen molar-refractivity contribution in [2.24, 2.45) is 5.92 Å². The van der Waals surface area contributed by atoms with Gasteiger partial charge in [0, 0.05) is 5.56 Å². The third-order valence-electron chi connectivity index (χ3n) is 7.12. The lowest BCUT2D eigenvalue weighted by Gasteiger charge is -2.13. The third kappa shape index (κ3) is 14.7. The van der Waals surface area contributed by atoms with E-state index in [1.54, 1.807) is 0 Å². The minimum absolute atomic E-state index is 0.0530. The summed E-state index contributed by atoms with van der Waals surface area (Å²) in [5.74, 6) is -0.474. The van der Waals surface area contributed by atoms with Gasteiger partial charge >= 0.3 is 17.9 Å². The number of aliphatic carboxylic acids is 1. The van der Waals surface area contributed by atoms with E-state index >= 15 is 0 Å². The summed E-state index contributed by atoms with van der Waals surface area (Å²) in [6, 6.07) is 15.5. The van der Waals surface area contributed by atoms with E-state index in [-0.39, 0.29) is 18.8 Å². The Morgan fingerprint density at radius 1 is 0.732 bits per heavy atom. The molecule has 0 aliphatic rings. The topological polar surface area (TPSA) is 99.1 Å². The number of carboxylic acids is 1. The Morgan fingerprint density at radius 2 is 1.32 bits per heavy atom. The molecule has 2 aromatic rings. The summed E-state index contributed by atoms with van der Waals surface area (Å²) >= 11 is 0. The van der Waals surface area contributed by atoms with Crippen LogP contribution in [0, 0.1) is 5.92 Å². The molecule has 0 radical (unpaired) electrons. The molecule has 0 fully saturated rings. The van der Waals surface area contributed by atoms with E-state index in [1.165, 1.54) is 32.1 Å². The zero-order chi connectivity index (χ0) is 29.7. The lowest BCUT2D eigenvalue weighted by molar-refractivity contribution is -0.147. The van der Waals surface area contributed by atoms with Gasteiger partial charge in [0.1, 0.15) is 5.75 Å². The van der Waals surface area contributed by atoms with Crippen LogP contribution < -0.4 is 4.74 Å². The highest BCUT2D eigenvalue weighted by Crippen LogP contribution is 2.30. The molecule has 2 aromatic carbocycles. The number of benzene rings is 2. The maximum absolute atomic E-state index is 12.3. The predicted molar refractivity (Wildman–Crippen MR) is 161 cm³/mol. The highest BCUT2D eigenvalue weighted by atomic mass is 16.5. The summed E-state index contributed by atoms with van der Waals surface area (Å²) in [5, 5.41) is 8.56. The Morgan fingerprint density at radius 3 is 1.93 bits per heavy atom. The van der Waals surface area contributed by atoms with E-state index in [0.29, 0.717) is 31.3 Å². The average Bonchev–Trinajstić information content (AvgIpc) is 2.99. The Balaban J connectivity index is 1.55. The lowest BCUT2D eigenvalue weighted by atomic mass is 10.0. The number of esters is 2. The molecule has 226 valence electrons. The first-order valence-corrected chi connectivity index (χ1v) is 15.3. The van der Waals surface area contributed by atoms with E-state index < -0.39 is 11.9 Å². The van der Waals surface area contributed by atoms with Gasteiger partial charge in [0.05, 0.1) is 38.2 Å². The SMILES string of the molecule is CCC(C)COC(=O)c1ccc(-c2ccccc2OCCCCCCCCCCCCOC(=O)CCC(=O)O)cc1. The Labute approximate surface area is 245 Å². The molecule has 0 heterocycles. The second-order valence-corrected chi connectivity index (χ2v) is 10.7. The Bertz CT molecular complexity index is 1030. The molecule has 2 rings (SSSR count). The number of unbranched alkanes of at least 4 members (excludes halogenated alkanes) is 9. The fourth-order valence-corrected chi connectivity index (χ4v) is 4.30. The van der Waals surface area contributed by atoms with Crippen molar-refractivity contribution < 1.29 is 33.7 Å². The fraction of sp³-hybridized carbons (Fsp3) is 0.559. The lowest BCUT2D eigenvalue weighted by Crippen LogP contribution is -2.11. The van der Waals surface area contributed by atoms with Gasteiger partial charge in [0.25, 0.3) is 0 Å². The normalized spacial score (nSPS) is 11.6. The van der Waals surface area contributed by atoms with E-state index in [2.05, 4.69) is 13.8 Å². The number of carbonyl (C=O) groups excluding carboxylic acids is 2. The van der Waals surface area contributed by atoms with Gasteiger partial charge in [-0.3, -0.25) is 9.59 Å². The zero-order valence-electron chi connectivity index (χ0n) is 24.9. The quantitative estimate of drug-likeness (QED) is 0.113. The second kappa shape index (κ2) is 20.5. The second-order valence-electron chi connectivity index (χ2n) is 10.7. The monoisotopic (exact) mass is 568 g/mol. The average molecular weight is 569 g/mol. The van der Waals surface area contributed by atoms with E-state index in [0.717, 1.165) is 55.4 Å². The first-order chi connectivity index (χ1) is 19.9. The van der Waals surface area contributed by atoms with Gasteiger partial charge in [-0.05, 0) is 42.5 Å². The molecule has 1 unspecified atom stereocenters. The summed E-state index contributed by atoms with van der Waals surface area (Å²) in [6.45, 7) is 5.66. The molecule has 0 spiro atoms. The molecule has 0 aliphatic carbocycles. The van der Waals surface area contributed by atoms with E-state index in [1.807, 2.05) is 48.5 Å². The van der Waals surface area contributed by atoms with Crippen LogP contribution in [0.25, 0.3) is 11.1 Å². The minimum Gasteiger partial charge on any atom is -0.493 e. The van der Waals surface area contributed by atoms with Crippen LogP contribution in [-0.4, -0.2) is 42.8 Å². The number of carboxylic acid groups (broad SMARTS) is 1. The maximum atomic E-state index is 12.3. The smallest absolute Gasteiger partial charge is 0.338 e.